The van der Waals surface area contributed by atoms with Crippen LogP contribution in [-0.4, -0.2) is 0 Å². The lowest BCUT2D eigenvalue weighted by atomic mass is 10.1. The van der Waals surface area contributed by atoms with E-state index < -0.39 is 0 Å². The van der Waals surface area contributed by atoms with E-state index in [1.165, 1.54) is 0 Å². The van der Waals surface area contributed by atoms with Crippen LogP contribution < -0.4 is 10.5 Å². The second kappa shape index (κ2) is 5.87. The summed E-state index contributed by atoms with van der Waals surface area (Å²) in [5.41, 5.74) is 7.97. The second-order valence-electron chi connectivity index (χ2n) is 4.16. The van der Waals surface area contributed by atoms with Crippen LogP contribution in [0.25, 0.3) is 0 Å². The largest absolute Gasteiger partial charge is 0.456 e. The van der Waals surface area contributed by atoms with Crippen molar-refractivity contribution in [2.45, 2.75) is 13.5 Å². The number of ether oxygens (including phenoxy) is 1. The Kier molecular flexibility index (Phi) is 4.20. The number of benzene rings is 2. The summed E-state index contributed by atoms with van der Waals surface area (Å²) in [6.45, 7) is 2.37. The number of hydrogen-bond donors (Lipinski definition) is 1. The molecular formula is C15H13BrN2O. The number of rotatable bonds is 3. The predicted octanol–water partition coefficient (Wildman–Crippen LogP) is 3.88. The first-order chi connectivity index (χ1) is 9.13. The highest BCUT2D eigenvalue weighted by molar-refractivity contribution is 9.10. The van der Waals surface area contributed by atoms with Crippen LogP contribution in [-0.2, 0) is 6.54 Å². The third-order valence-electron chi connectivity index (χ3n) is 2.77. The van der Waals surface area contributed by atoms with E-state index in [9.17, 15) is 0 Å². The highest BCUT2D eigenvalue weighted by atomic mass is 79.9. The predicted molar refractivity (Wildman–Crippen MR) is 78.0 cm³/mol. The Bertz CT molecular complexity index is 647. The molecule has 2 aromatic rings. The van der Waals surface area contributed by atoms with Gasteiger partial charge in [-0.05, 0) is 42.3 Å². The summed E-state index contributed by atoms with van der Waals surface area (Å²) in [5.74, 6) is 1.27. The minimum absolute atomic E-state index is 0.408. The lowest BCUT2D eigenvalue weighted by molar-refractivity contribution is 0.477. The molecule has 0 radical (unpaired) electrons. The van der Waals surface area contributed by atoms with Gasteiger partial charge in [0, 0.05) is 11.0 Å². The normalized spacial score (nSPS) is 10.0. The summed E-state index contributed by atoms with van der Waals surface area (Å²) in [7, 11) is 0. The Hall–Kier alpha value is -1.83. The smallest absolute Gasteiger partial charge is 0.145 e. The van der Waals surface area contributed by atoms with Crippen molar-refractivity contribution < 1.29 is 4.74 Å². The number of hydrogen-bond acceptors (Lipinski definition) is 3. The van der Waals surface area contributed by atoms with Crippen molar-refractivity contribution in [2.24, 2.45) is 5.73 Å². The fourth-order valence-corrected chi connectivity index (χ4v) is 2.02. The average Bonchev–Trinajstić information content (AvgIpc) is 2.43. The van der Waals surface area contributed by atoms with Crippen LogP contribution in [0, 0.1) is 18.3 Å². The lowest BCUT2D eigenvalue weighted by Crippen LogP contribution is -1.98. The molecule has 0 atom stereocenters. The molecular weight excluding hydrogens is 304 g/mol. The number of halogens is 1. The Balaban J connectivity index is 2.38. The average molecular weight is 317 g/mol. The molecule has 19 heavy (non-hydrogen) atoms. The van der Waals surface area contributed by atoms with Crippen molar-refractivity contribution in [3.8, 4) is 17.6 Å². The molecule has 0 unspecified atom stereocenters. The molecule has 2 aromatic carbocycles. The number of nitrogens with zero attached hydrogens (tertiary/aromatic N) is 1. The van der Waals surface area contributed by atoms with Gasteiger partial charge in [0.15, 0.2) is 0 Å². The highest BCUT2D eigenvalue weighted by Gasteiger charge is 2.08. The van der Waals surface area contributed by atoms with Gasteiger partial charge < -0.3 is 10.5 Å². The van der Waals surface area contributed by atoms with Crippen molar-refractivity contribution in [3.05, 3.63) is 57.6 Å². The van der Waals surface area contributed by atoms with Gasteiger partial charge in [0.1, 0.15) is 17.6 Å². The van der Waals surface area contributed by atoms with E-state index >= 15 is 0 Å². The van der Waals surface area contributed by atoms with E-state index in [1.54, 1.807) is 12.1 Å². The lowest BCUT2D eigenvalue weighted by Gasteiger charge is -2.11. The molecule has 3 nitrogen and oxygen atoms in total. The summed E-state index contributed by atoms with van der Waals surface area (Å²) in [6, 6.07) is 13.3. The molecule has 0 aliphatic heterocycles. The van der Waals surface area contributed by atoms with E-state index in [2.05, 4.69) is 22.0 Å². The molecule has 0 bridgehead atoms. The maximum Gasteiger partial charge on any atom is 0.145 e. The molecule has 0 fully saturated rings. The van der Waals surface area contributed by atoms with Crippen molar-refractivity contribution in [2.75, 3.05) is 0 Å². The monoisotopic (exact) mass is 316 g/mol. The van der Waals surface area contributed by atoms with Crippen molar-refractivity contribution in [1.29, 1.82) is 5.26 Å². The first-order valence-electron chi connectivity index (χ1n) is 5.81. The van der Waals surface area contributed by atoms with Crippen molar-refractivity contribution in [1.82, 2.24) is 0 Å². The Morgan fingerprint density at radius 2 is 2.00 bits per heavy atom. The van der Waals surface area contributed by atoms with Crippen molar-refractivity contribution in [3.63, 3.8) is 0 Å². The summed E-state index contributed by atoms with van der Waals surface area (Å²) in [6.07, 6.45) is 0. The first kappa shape index (κ1) is 13.6. The van der Waals surface area contributed by atoms with Gasteiger partial charge in [-0.25, -0.2) is 0 Å². The molecule has 0 amide bonds. The molecule has 0 saturated heterocycles. The quantitative estimate of drug-likeness (QED) is 0.934. The van der Waals surface area contributed by atoms with Gasteiger partial charge in [0.2, 0.25) is 0 Å². The standard InChI is InChI=1S/C15H13BrN2O/c1-10-2-4-13(16)7-15(10)19-14-5-3-11(8-17)6-12(14)9-18/h2-7H,8,17H2,1H3. The molecule has 0 spiro atoms. The van der Waals surface area contributed by atoms with Crippen LogP contribution in [0.3, 0.4) is 0 Å². The van der Waals surface area contributed by atoms with Crippen LogP contribution in [0.4, 0.5) is 0 Å². The molecule has 0 aliphatic rings. The van der Waals surface area contributed by atoms with E-state index in [4.69, 9.17) is 15.7 Å². The van der Waals surface area contributed by atoms with Gasteiger partial charge in [0.05, 0.1) is 5.56 Å². The van der Waals surface area contributed by atoms with Gasteiger partial charge in [-0.15, -0.1) is 0 Å². The maximum absolute atomic E-state index is 9.16. The summed E-state index contributed by atoms with van der Waals surface area (Å²) >= 11 is 3.41. The fourth-order valence-electron chi connectivity index (χ4n) is 1.68. The van der Waals surface area contributed by atoms with Gasteiger partial charge in [-0.3, -0.25) is 0 Å². The fraction of sp³-hybridized carbons (Fsp3) is 0.133. The number of nitriles is 1. The zero-order chi connectivity index (χ0) is 13.8. The summed E-state index contributed by atoms with van der Waals surface area (Å²) < 4.78 is 6.75. The van der Waals surface area contributed by atoms with Gasteiger partial charge in [-0.1, -0.05) is 28.1 Å². The molecule has 0 heterocycles. The van der Waals surface area contributed by atoms with Crippen LogP contribution >= 0.6 is 15.9 Å². The maximum atomic E-state index is 9.16. The van der Waals surface area contributed by atoms with Gasteiger partial charge >= 0.3 is 0 Å². The topological polar surface area (TPSA) is 59.0 Å². The zero-order valence-corrected chi connectivity index (χ0v) is 12.1. The minimum atomic E-state index is 0.408. The van der Waals surface area contributed by atoms with Crippen LogP contribution in [0.5, 0.6) is 11.5 Å². The van der Waals surface area contributed by atoms with Crippen molar-refractivity contribution >= 4 is 15.9 Å². The van der Waals surface area contributed by atoms with Crippen LogP contribution in [0.2, 0.25) is 0 Å². The Morgan fingerprint density at radius 3 is 2.68 bits per heavy atom. The SMILES string of the molecule is Cc1ccc(Br)cc1Oc1ccc(CN)cc1C#N. The molecule has 2 rings (SSSR count). The highest BCUT2D eigenvalue weighted by Crippen LogP contribution is 2.30. The number of aryl methyl sites for hydroxylation is 1. The Morgan fingerprint density at radius 1 is 1.21 bits per heavy atom. The van der Waals surface area contributed by atoms with Crippen LogP contribution in [0.1, 0.15) is 16.7 Å². The summed E-state index contributed by atoms with van der Waals surface area (Å²) in [5, 5.41) is 9.16. The first-order valence-corrected chi connectivity index (χ1v) is 6.60. The minimum Gasteiger partial charge on any atom is -0.456 e. The molecule has 96 valence electrons. The Labute approximate surface area is 120 Å². The third-order valence-corrected chi connectivity index (χ3v) is 3.26. The van der Waals surface area contributed by atoms with Gasteiger partial charge in [0.25, 0.3) is 0 Å². The zero-order valence-electron chi connectivity index (χ0n) is 10.5. The van der Waals surface area contributed by atoms with E-state index in [0.29, 0.717) is 17.9 Å². The second-order valence-corrected chi connectivity index (χ2v) is 5.07. The number of nitrogens with two attached hydrogens (primary N) is 1. The molecule has 0 aliphatic carbocycles. The molecule has 0 aromatic heterocycles. The third kappa shape index (κ3) is 3.14. The molecule has 0 saturated carbocycles. The van der Waals surface area contributed by atoms with E-state index in [-0.39, 0.29) is 0 Å². The van der Waals surface area contributed by atoms with E-state index in [0.717, 1.165) is 21.3 Å². The molecule has 2 N–H and O–H groups in total. The van der Waals surface area contributed by atoms with Crippen LogP contribution in [0.15, 0.2) is 40.9 Å². The van der Waals surface area contributed by atoms with Gasteiger partial charge in [-0.2, -0.15) is 5.26 Å². The molecule has 4 heteroatoms. The summed E-state index contributed by atoms with van der Waals surface area (Å²) in [4.78, 5) is 0. The van der Waals surface area contributed by atoms with E-state index in [1.807, 2.05) is 31.2 Å².